The van der Waals surface area contributed by atoms with Crippen molar-refractivity contribution in [3.63, 3.8) is 0 Å². The molecule has 0 atom stereocenters. The van der Waals surface area contributed by atoms with E-state index in [1.54, 1.807) is 0 Å². The molecule has 24 heavy (non-hydrogen) atoms. The summed E-state index contributed by atoms with van der Waals surface area (Å²) in [6.45, 7) is 2.12. The molecule has 0 radical (unpaired) electrons. The number of rotatable bonds is 2. The summed E-state index contributed by atoms with van der Waals surface area (Å²) in [4.78, 5) is 31.3. The van der Waals surface area contributed by atoms with Gasteiger partial charge in [0.25, 0.3) is 0 Å². The molecule has 4 rings (SSSR count). The maximum absolute atomic E-state index is 12.8. The fourth-order valence-corrected chi connectivity index (χ4v) is 4.34. The number of hydrogen-bond donors (Lipinski definition) is 0. The molecule has 1 aliphatic heterocycles. The van der Waals surface area contributed by atoms with E-state index in [4.69, 9.17) is 11.6 Å². The monoisotopic (exact) mass is 342 g/mol. The van der Waals surface area contributed by atoms with Crippen LogP contribution in [0.3, 0.4) is 0 Å². The van der Waals surface area contributed by atoms with Crippen molar-refractivity contribution in [3.05, 3.63) is 40.5 Å². The van der Waals surface area contributed by atoms with Gasteiger partial charge in [0.15, 0.2) is 0 Å². The van der Waals surface area contributed by atoms with Crippen LogP contribution in [0.15, 0.2) is 24.3 Å². The molecular weight excluding hydrogens is 324 g/mol. The van der Waals surface area contributed by atoms with Crippen LogP contribution in [-0.4, -0.2) is 21.7 Å². The van der Waals surface area contributed by atoms with E-state index in [1.807, 2.05) is 31.2 Å². The minimum absolute atomic E-state index is 0.0336. The largest absolute Gasteiger partial charge is 0.276 e. The van der Waals surface area contributed by atoms with E-state index < -0.39 is 5.41 Å². The number of benzene rings is 1. The molecule has 124 valence electrons. The van der Waals surface area contributed by atoms with Crippen LogP contribution in [-0.2, 0) is 16.1 Å². The summed E-state index contributed by atoms with van der Waals surface area (Å²) >= 11 is 6.49. The van der Waals surface area contributed by atoms with Crippen molar-refractivity contribution in [3.8, 4) is 0 Å². The number of imide groups is 1. The van der Waals surface area contributed by atoms with E-state index >= 15 is 0 Å². The summed E-state index contributed by atoms with van der Waals surface area (Å²) in [6.07, 6.45) is 4.05. The van der Waals surface area contributed by atoms with Crippen LogP contribution in [0.2, 0.25) is 5.02 Å². The predicted molar refractivity (Wildman–Crippen MR) is 92.6 cm³/mol. The number of halogens is 1. The molecule has 4 nitrogen and oxygen atoms in total. The van der Waals surface area contributed by atoms with Gasteiger partial charge in [-0.25, -0.2) is 4.98 Å². The van der Waals surface area contributed by atoms with Crippen LogP contribution in [0.5, 0.6) is 0 Å². The maximum Gasteiger partial charge on any atom is 0.236 e. The van der Waals surface area contributed by atoms with E-state index in [0.29, 0.717) is 17.1 Å². The normalized spacial score (nSPS) is 19.8. The second kappa shape index (κ2) is 5.55. The van der Waals surface area contributed by atoms with Crippen LogP contribution >= 0.6 is 11.6 Å². The zero-order valence-electron chi connectivity index (χ0n) is 13.6. The molecule has 5 heteroatoms. The Bertz CT molecular complexity index is 856. The van der Waals surface area contributed by atoms with Crippen molar-refractivity contribution in [2.75, 3.05) is 0 Å². The number of pyridine rings is 1. The molecule has 1 aliphatic carbocycles. The van der Waals surface area contributed by atoms with Gasteiger partial charge in [-0.1, -0.05) is 42.6 Å². The molecule has 0 unspecified atom stereocenters. The fourth-order valence-electron chi connectivity index (χ4n) is 4.13. The van der Waals surface area contributed by atoms with E-state index in [1.165, 1.54) is 4.90 Å². The van der Waals surface area contributed by atoms with Gasteiger partial charge in [0.05, 0.1) is 28.2 Å². The van der Waals surface area contributed by atoms with Crippen LogP contribution in [0.1, 0.15) is 43.4 Å². The summed E-state index contributed by atoms with van der Waals surface area (Å²) in [5.41, 5.74) is 1.93. The van der Waals surface area contributed by atoms with Gasteiger partial charge in [-0.3, -0.25) is 14.5 Å². The van der Waals surface area contributed by atoms with Crippen molar-refractivity contribution in [2.24, 2.45) is 5.41 Å². The molecule has 1 aromatic carbocycles. The van der Waals surface area contributed by atoms with E-state index in [2.05, 4.69) is 4.98 Å². The molecule has 2 aromatic rings. The number of aryl methyl sites for hydroxylation is 1. The molecule has 2 fully saturated rings. The third kappa shape index (κ3) is 2.24. The lowest BCUT2D eigenvalue weighted by Crippen LogP contribution is -2.34. The van der Waals surface area contributed by atoms with Gasteiger partial charge in [-0.2, -0.15) is 0 Å². The second-order valence-corrected chi connectivity index (χ2v) is 7.34. The number of likely N-dealkylation sites (tertiary alicyclic amines) is 1. The van der Waals surface area contributed by atoms with E-state index in [0.717, 1.165) is 42.1 Å². The zero-order chi connectivity index (χ0) is 16.9. The highest BCUT2D eigenvalue weighted by Crippen LogP contribution is 2.47. The van der Waals surface area contributed by atoms with Crippen molar-refractivity contribution in [1.82, 2.24) is 9.88 Å². The van der Waals surface area contributed by atoms with Crippen molar-refractivity contribution < 1.29 is 9.59 Å². The van der Waals surface area contributed by atoms with E-state index in [-0.39, 0.29) is 18.4 Å². The minimum Gasteiger partial charge on any atom is -0.276 e. The van der Waals surface area contributed by atoms with Crippen molar-refractivity contribution in [1.29, 1.82) is 0 Å². The van der Waals surface area contributed by atoms with Crippen LogP contribution in [0.4, 0.5) is 0 Å². The highest BCUT2D eigenvalue weighted by molar-refractivity contribution is 6.32. The molecule has 0 bridgehead atoms. The van der Waals surface area contributed by atoms with Crippen LogP contribution in [0, 0.1) is 12.3 Å². The van der Waals surface area contributed by atoms with E-state index in [9.17, 15) is 9.59 Å². The number of carbonyl (C=O) groups is 2. The van der Waals surface area contributed by atoms with Gasteiger partial charge in [0, 0.05) is 11.8 Å². The summed E-state index contributed by atoms with van der Waals surface area (Å²) in [5.74, 6) is -0.126. The lowest BCUT2D eigenvalue weighted by atomic mass is 9.84. The second-order valence-electron chi connectivity index (χ2n) is 6.96. The summed E-state index contributed by atoms with van der Waals surface area (Å²) in [7, 11) is 0. The standard InChI is InChI=1S/C19H19ClN2O2/c1-12-13-6-2-3-7-14(13)21-15(17(12)20)11-22-16(23)10-19(18(22)24)8-4-5-9-19/h2-3,6-7H,4-5,8-11H2,1H3. The Labute approximate surface area is 145 Å². The first-order valence-corrected chi connectivity index (χ1v) is 8.78. The molecule has 2 amide bonds. The molecular formula is C19H19ClN2O2. The zero-order valence-corrected chi connectivity index (χ0v) is 14.4. The van der Waals surface area contributed by atoms with Gasteiger partial charge in [-0.05, 0) is 31.4 Å². The molecule has 1 saturated carbocycles. The molecule has 2 aliphatic rings. The molecule has 2 heterocycles. The average molecular weight is 343 g/mol. The highest BCUT2D eigenvalue weighted by atomic mass is 35.5. The lowest BCUT2D eigenvalue weighted by molar-refractivity contribution is -0.142. The van der Waals surface area contributed by atoms with Crippen molar-refractivity contribution >= 4 is 34.3 Å². The van der Waals surface area contributed by atoms with Gasteiger partial charge in [-0.15, -0.1) is 0 Å². The molecule has 1 spiro atoms. The third-order valence-electron chi connectivity index (χ3n) is 5.50. The Hall–Kier alpha value is -1.94. The Morgan fingerprint density at radius 2 is 1.92 bits per heavy atom. The van der Waals surface area contributed by atoms with Gasteiger partial charge in [0.1, 0.15) is 0 Å². The molecule has 0 N–H and O–H groups in total. The molecule has 1 saturated heterocycles. The predicted octanol–water partition coefficient (Wildman–Crippen LogP) is 4.02. The SMILES string of the molecule is Cc1c(Cl)c(CN2C(=O)CC3(CCCC3)C2=O)nc2ccccc12. The number of amides is 2. The topological polar surface area (TPSA) is 50.3 Å². The van der Waals surface area contributed by atoms with Gasteiger partial charge < -0.3 is 0 Å². The van der Waals surface area contributed by atoms with Gasteiger partial charge >= 0.3 is 0 Å². The van der Waals surface area contributed by atoms with Crippen LogP contribution < -0.4 is 0 Å². The quantitative estimate of drug-likeness (QED) is 0.775. The highest BCUT2D eigenvalue weighted by Gasteiger charge is 2.52. The first-order valence-electron chi connectivity index (χ1n) is 8.40. The Morgan fingerprint density at radius 3 is 2.67 bits per heavy atom. The van der Waals surface area contributed by atoms with Crippen LogP contribution in [0.25, 0.3) is 10.9 Å². The smallest absolute Gasteiger partial charge is 0.236 e. The Kier molecular flexibility index (Phi) is 3.61. The first-order chi connectivity index (χ1) is 11.5. The first kappa shape index (κ1) is 15.6. The summed E-state index contributed by atoms with van der Waals surface area (Å²) in [5, 5.41) is 1.54. The summed E-state index contributed by atoms with van der Waals surface area (Å²) in [6, 6.07) is 7.78. The number of fused-ring (bicyclic) bond motifs is 1. The maximum atomic E-state index is 12.8. The summed E-state index contributed by atoms with van der Waals surface area (Å²) < 4.78 is 0. The number of carbonyl (C=O) groups excluding carboxylic acids is 2. The minimum atomic E-state index is -0.449. The molecule has 1 aromatic heterocycles. The Balaban J connectivity index is 1.71. The lowest BCUT2D eigenvalue weighted by Gasteiger charge is -2.21. The number of aromatic nitrogens is 1. The fraction of sp³-hybridized carbons (Fsp3) is 0.421. The Morgan fingerprint density at radius 1 is 1.21 bits per heavy atom. The number of para-hydroxylation sites is 1. The van der Waals surface area contributed by atoms with Crippen molar-refractivity contribution in [2.45, 2.75) is 45.6 Å². The number of nitrogens with zero attached hydrogens (tertiary/aromatic N) is 2. The number of hydrogen-bond acceptors (Lipinski definition) is 3. The third-order valence-corrected chi connectivity index (χ3v) is 6.01. The van der Waals surface area contributed by atoms with Gasteiger partial charge in [0.2, 0.25) is 11.8 Å². The average Bonchev–Trinajstić information content (AvgIpc) is 3.13.